The highest BCUT2D eigenvalue weighted by Gasteiger charge is 2.41. The summed E-state index contributed by atoms with van der Waals surface area (Å²) in [5.74, 6) is 0. The molecular formula is C26H40F3N3O3. The minimum atomic E-state index is -4.34. The van der Waals surface area contributed by atoms with Gasteiger partial charge in [-0.3, -0.25) is 9.80 Å². The molecule has 0 aliphatic carbocycles. The lowest BCUT2D eigenvalue weighted by Crippen LogP contribution is -2.62. The first-order valence-electron chi connectivity index (χ1n) is 12.4. The summed E-state index contributed by atoms with van der Waals surface area (Å²) in [5, 5.41) is 0. The van der Waals surface area contributed by atoms with Crippen LogP contribution in [0.5, 0.6) is 0 Å². The molecule has 2 atom stereocenters. The molecule has 2 saturated heterocycles. The van der Waals surface area contributed by atoms with Gasteiger partial charge in [0.15, 0.2) is 0 Å². The number of hydrogen-bond acceptors (Lipinski definition) is 5. The number of carbonyl (C=O) groups excluding carboxylic acids is 1. The van der Waals surface area contributed by atoms with E-state index in [0.29, 0.717) is 19.7 Å². The molecule has 6 nitrogen and oxygen atoms in total. The van der Waals surface area contributed by atoms with Crippen LogP contribution in [0.25, 0.3) is 0 Å². The second kappa shape index (κ2) is 10.6. The molecule has 1 amide bonds. The van der Waals surface area contributed by atoms with Gasteiger partial charge in [-0.25, -0.2) is 4.79 Å². The molecule has 0 radical (unpaired) electrons. The smallest absolute Gasteiger partial charge is 0.416 e. The largest absolute Gasteiger partial charge is 0.444 e. The third-order valence-corrected chi connectivity index (χ3v) is 7.28. The highest BCUT2D eigenvalue weighted by atomic mass is 19.4. The minimum absolute atomic E-state index is 0.00995. The van der Waals surface area contributed by atoms with Gasteiger partial charge in [-0.2, -0.15) is 13.2 Å². The van der Waals surface area contributed by atoms with E-state index in [1.54, 1.807) is 24.1 Å². The maximum Gasteiger partial charge on any atom is 0.416 e. The summed E-state index contributed by atoms with van der Waals surface area (Å²) in [6.07, 6.45) is -2.85. The van der Waals surface area contributed by atoms with Crippen LogP contribution in [-0.4, -0.2) is 84.4 Å². The highest BCUT2D eigenvalue weighted by Crippen LogP contribution is 2.35. The van der Waals surface area contributed by atoms with Crippen LogP contribution in [0.2, 0.25) is 0 Å². The van der Waals surface area contributed by atoms with Gasteiger partial charge >= 0.3 is 12.3 Å². The van der Waals surface area contributed by atoms with Crippen LogP contribution >= 0.6 is 0 Å². The molecule has 9 heteroatoms. The lowest BCUT2D eigenvalue weighted by molar-refractivity contribution is -0.137. The van der Waals surface area contributed by atoms with Crippen LogP contribution in [0, 0.1) is 0 Å². The van der Waals surface area contributed by atoms with Crippen molar-refractivity contribution in [2.75, 3.05) is 46.4 Å². The Kier molecular flexibility index (Phi) is 8.44. The molecule has 0 spiro atoms. The van der Waals surface area contributed by atoms with Gasteiger partial charge in [-0.15, -0.1) is 0 Å². The van der Waals surface area contributed by atoms with Crippen molar-refractivity contribution in [3.63, 3.8) is 0 Å². The Bertz CT molecular complexity index is 846. The summed E-state index contributed by atoms with van der Waals surface area (Å²) in [5.41, 5.74) is -0.322. The Hall–Kier alpha value is -1.84. The molecule has 1 aromatic rings. The average molecular weight is 500 g/mol. The van der Waals surface area contributed by atoms with Crippen LogP contribution in [-0.2, 0) is 15.7 Å². The molecule has 2 aliphatic heterocycles. The van der Waals surface area contributed by atoms with E-state index in [1.165, 1.54) is 0 Å². The van der Waals surface area contributed by atoms with Gasteiger partial charge in [0.2, 0.25) is 0 Å². The van der Waals surface area contributed by atoms with E-state index in [4.69, 9.17) is 9.47 Å². The average Bonchev–Trinajstić information content (AvgIpc) is 2.76. The van der Waals surface area contributed by atoms with E-state index < -0.39 is 17.3 Å². The fourth-order valence-electron chi connectivity index (χ4n) is 5.17. The monoisotopic (exact) mass is 499 g/mol. The van der Waals surface area contributed by atoms with Gasteiger partial charge < -0.3 is 14.4 Å². The molecule has 2 aliphatic rings. The molecule has 1 aromatic carbocycles. The second-order valence-electron chi connectivity index (χ2n) is 11.1. The summed E-state index contributed by atoms with van der Waals surface area (Å²) in [6.45, 7) is 14.3. The number of rotatable bonds is 5. The van der Waals surface area contributed by atoms with Crippen molar-refractivity contribution in [2.45, 2.75) is 76.9 Å². The number of piperazine rings is 1. The zero-order valence-electron chi connectivity index (χ0n) is 21.8. The number of halogens is 3. The summed E-state index contributed by atoms with van der Waals surface area (Å²) in [4.78, 5) is 19.1. The Morgan fingerprint density at radius 2 is 1.69 bits per heavy atom. The summed E-state index contributed by atoms with van der Waals surface area (Å²) >= 11 is 0. The van der Waals surface area contributed by atoms with E-state index in [1.807, 2.05) is 20.8 Å². The molecule has 3 rings (SSSR count). The topological polar surface area (TPSA) is 45.2 Å². The molecule has 2 fully saturated rings. The number of methoxy groups -OCH3 is 1. The quantitative estimate of drug-likeness (QED) is 0.558. The van der Waals surface area contributed by atoms with Crippen molar-refractivity contribution >= 4 is 6.09 Å². The number of amides is 1. The normalized spacial score (nSPS) is 23.2. The Balaban J connectivity index is 1.63. The van der Waals surface area contributed by atoms with Crippen molar-refractivity contribution in [3.8, 4) is 0 Å². The number of hydrogen-bond donors (Lipinski definition) is 0. The second-order valence-corrected chi connectivity index (χ2v) is 11.1. The number of nitrogens with zero attached hydrogens (tertiary/aromatic N) is 3. The molecule has 2 heterocycles. The fraction of sp³-hybridized carbons (Fsp3) is 0.731. The summed E-state index contributed by atoms with van der Waals surface area (Å²) in [7, 11) is 1.62. The van der Waals surface area contributed by atoms with Crippen molar-refractivity contribution < 1.29 is 27.4 Å². The first-order valence-corrected chi connectivity index (χ1v) is 12.4. The summed E-state index contributed by atoms with van der Waals surface area (Å²) < 4.78 is 50.0. The number of ether oxygens (including phenoxy) is 2. The Morgan fingerprint density at radius 3 is 2.17 bits per heavy atom. The molecule has 35 heavy (non-hydrogen) atoms. The van der Waals surface area contributed by atoms with Crippen molar-refractivity contribution in [1.82, 2.24) is 14.7 Å². The van der Waals surface area contributed by atoms with E-state index >= 15 is 0 Å². The standard InChI is InChI=1S/C26H40F3N3O3/c1-19-17-31(25(5)11-13-30(14-12-25)23(33)35-24(2,3)4)15-16-32(19)22(18-34-6)20-7-9-21(10-8-20)26(27,28)29/h7-10,19,22H,11-18H2,1-6H3/t19-,22-/m1/s1. The SMILES string of the molecule is COC[C@H](c1ccc(C(F)(F)F)cc1)N1CCN(C2(C)CCN(C(=O)OC(C)(C)C)CC2)C[C@H]1C. The number of alkyl halides is 3. The molecule has 0 unspecified atom stereocenters. The molecule has 0 saturated carbocycles. The van der Waals surface area contributed by atoms with Gasteiger partial charge in [0, 0.05) is 51.4 Å². The van der Waals surface area contributed by atoms with E-state index in [0.717, 1.165) is 50.2 Å². The number of piperidine rings is 1. The van der Waals surface area contributed by atoms with Crippen LogP contribution in [0.15, 0.2) is 24.3 Å². The predicted molar refractivity (Wildman–Crippen MR) is 129 cm³/mol. The van der Waals surface area contributed by atoms with E-state index in [2.05, 4.69) is 23.6 Å². The first-order chi connectivity index (χ1) is 16.2. The fourth-order valence-corrected chi connectivity index (χ4v) is 5.17. The molecule has 0 N–H and O–H groups in total. The lowest BCUT2D eigenvalue weighted by atomic mass is 9.86. The number of benzene rings is 1. The van der Waals surface area contributed by atoms with Crippen molar-refractivity contribution in [3.05, 3.63) is 35.4 Å². The van der Waals surface area contributed by atoms with Crippen LogP contribution < -0.4 is 0 Å². The van der Waals surface area contributed by atoms with Crippen molar-refractivity contribution in [2.24, 2.45) is 0 Å². The van der Waals surface area contributed by atoms with E-state index in [-0.39, 0.29) is 23.7 Å². The predicted octanol–water partition coefficient (Wildman–Crippen LogP) is 5.19. The zero-order chi connectivity index (χ0) is 26.0. The first kappa shape index (κ1) is 27.7. The minimum Gasteiger partial charge on any atom is -0.444 e. The summed E-state index contributed by atoms with van der Waals surface area (Å²) in [6, 6.07) is 5.53. The Labute approximate surface area is 207 Å². The van der Waals surface area contributed by atoms with Gasteiger partial charge in [-0.05, 0) is 65.2 Å². The number of carbonyl (C=O) groups is 1. The van der Waals surface area contributed by atoms with Gasteiger partial charge in [-0.1, -0.05) is 12.1 Å². The Morgan fingerprint density at radius 1 is 1.09 bits per heavy atom. The highest BCUT2D eigenvalue weighted by molar-refractivity contribution is 5.68. The van der Waals surface area contributed by atoms with E-state index in [9.17, 15) is 18.0 Å². The van der Waals surface area contributed by atoms with Crippen LogP contribution in [0.4, 0.5) is 18.0 Å². The molecule has 0 aromatic heterocycles. The van der Waals surface area contributed by atoms with Crippen LogP contribution in [0.3, 0.4) is 0 Å². The molecular weight excluding hydrogens is 459 g/mol. The zero-order valence-corrected chi connectivity index (χ0v) is 21.8. The van der Waals surface area contributed by atoms with Gasteiger partial charge in [0.25, 0.3) is 0 Å². The van der Waals surface area contributed by atoms with Crippen molar-refractivity contribution in [1.29, 1.82) is 0 Å². The third kappa shape index (κ3) is 6.89. The third-order valence-electron chi connectivity index (χ3n) is 7.28. The molecule has 198 valence electrons. The van der Waals surface area contributed by atoms with Gasteiger partial charge in [0.1, 0.15) is 5.60 Å². The van der Waals surface area contributed by atoms with Gasteiger partial charge in [0.05, 0.1) is 18.2 Å². The maximum absolute atomic E-state index is 13.0. The lowest BCUT2D eigenvalue weighted by Gasteiger charge is -2.52. The number of likely N-dealkylation sites (tertiary alicyclic amines) is 1. The molecule has 0 bridgehead atoms. The van der Waals surface area contributed by atoms with Crippen LogP contribution in [0.1, 0.15) is 64.6 Å². The maximum atomic E-state index is 13.0.